The minimum absolute atomic E-state index is 0.138. The van der Waals surface area contributed by atoms with E-state index in [9.17, 15) is 9.59 Å². The number of carbonyl (C=O) groups excluding carboxylic acids is 2. The van der Waals surface area contributed by atoms with Gasteiger partial charge in [-0.15, -0.1) is 0 Å². The lowest BCUT2D eigenvalue weighted by atomic mass is 10.2. The molecule has 0 saturated carbocycles. The van der Waals surface area contributed by atoms with Crippen molar-refractivity contribution in [3.63, 3.8) is 0 Å². The first-order chi connectivity index (χ1) is 14.1. The molecule has 0 bridgehead atoms. The first-order valence-corrected chi connectivity index (χ1v) is 9.71. The van der Waals surface area contributed by atoms with Gasteiger partial charge in [0.2, 0.25) is 11.8 Å². The summed E-state index contributed by atoms with van der Waals surface area (Å²) in [7, 11) is 0. The van der Waals surface area contributed by atoms with Crippen molar-refractivity contribution < 1.29 is 14.0 Å². The van der Waals surface area contributed by atoms with Crippen LogP contribution in [0.2, 0.25) is 0 Å². The fourth-order valence-corrected chi connectivity index (χ4v) is 3.67. The first kappa shape index (κ1) is 18.6. The average Bonchev–Trinajstić information content (AvgIpc) is 3.33. The molecule has 0 radical (unpaired) electrons. The van der Waals surface area contributed by atoms with Gasteiger partial charge in [-0.3, -0.25) is 14.9 Å². The van der Waals surface area contributed by atoms with Gasteiger partial charge in [-0.05, 0) is 36.4 Å². The van der Waals surface area contributed by atoms with E-state index in [-0.39, 0.29) is 11.8 Å². The lowest BCUT2D eigenvalue weighted by Crippen LogP contribution is -2.07. The summed E-state index contributed by atoms with van der Waals surface area (Å²) in [6.45, 7) is 1.46. The monoisotopic (exact) mass is 403 g/mol. The van der Waals surface area contributed by atoms with E-state index in [2.05, 4.69) is 15.6 Å². The topological polar surface area (TPSA) is 84.2 Å². The number of rotatable bonds is 5. The van der Waals surface area contributed by atoms with E-state index >= 15 is 0 Å². The van der Waals surface area contributed by atoms with Crippen LogP contribution in [0.25, 0.3) is 27.6 Å². The molecule has 0 aliphatic heterocycles. The molecule has 2 aromatic carbocycles. The number of hydrogen-bond acceptors (Lipinski definition) is 5. The SMILES string of the molecule is CC(=O)Nc1ccc2nc(NC(=O)/C=C/c3ccc(-c4ccccc4)o3)sc2c1. The summed E-state index contributed by atoms with van der Waals surface area (Å²) < 4.78 is 6.62. The van der Waals surface area contributed by atoms with Crippen LogP contribution in [0.3, 0.4) is 0 Å². The van der Waals surface area contributed by atoms with Gasteiger partial charge < -0.3 is 9.73 Å². The summed E-state index contributed by atoms with van der Waals surface area (Å²) in [5, 5.41) is 5.97. The molecular formula is C22H17N3O3S. The summed E-state index contributed by atoms with van der Waals surface area (Å²) in [6.07, 6.45) is 3.02. The largest absolute Gasteiger partial charge is 0.457 e. The molecule has 2 N–H and O–H groups in total. The fraction of sp³-hybridized carbons (Fsp3) is 0.0455. The third-order valence-corrected chi connectivity index (χ3v) is 4.96. The number of anilines is 2. The standard InChI is InChI=1S/C22H17N3O3S/c1-14(26)23-16-7-10-18-20(13-16)29-22(24-18)25-21(27)12-9-17-8-11-19(28-17)15-5-3-2-4-6-15/h2-13H,1H3,(H,23,26)(H,24,25,27)/b12-9+. The van der Waals surface area contributed by atoms with Crippen molar-refractivity contribution in [2.75, 3.05) is 10.6 Å². The Morgan fingerprint density at radius 3 is 2.66 bits per heavy atom. The lowest BCUT2D eigenvalue weighted by molar-refractivity contribution is -0.114. The molecule has 2 amide bonds. The van der Waals surface area contributed by atoms with Gasteiger partial charge in [0.1, 0.15) is 11.5 Å². The number of carbonyl (C=O) groups is 2. The molecule has 0 fully saturated rings. The van der Waals surface area contributed by atoms with Gasteiger partial charge >= 0.3 is 0 Å². The van der Waals surface area contributed by atoms with Crippen molar-refractivity contribution >= 4 is 50.3 Å². The Kier molecular flexibility index (Phi) is 5.22. The predicted molar refractivity (Wildman–Crippen MR) is 116 cm³/mol. The summed E-state index contributed by atoms with van der Waals surface area (Å²) in [5.74, 6) is 0.889. The zero-order chi connectivity index (χ0) is 20.2. The van der Waals surface area contributed by atoms with Crippen LogP contribution >= 0.6 is 11.3 Å². The van der Waals surface area contributed by atoms with Crippen LogP contribution in [0.5, 0.6) is 0 Å². The highest BCUT2D eigenvalue weighted by Gasteiger charge is 2.08. The molecule has 4 aromatic rings. The van der Waals surface area contributed by atoms with Gasteiger partial charge in [-0.25, -0.2) is 4.98 Å². The molecule has 0 atom stereocenters. The van der Waals surface area contributed by atoms with Gasteiger partial charge in [0, 0.05) is 24.3 Å². The first-order valence-electron chi connectivity index (χ1n) is 8.89. The zero-order valence-electron chi connectivity index (χ0n) is 15.5. The van der Waals surface area contributed by atoms with Gasteiger partial charge in [-0.1, -0.05) is 41.7 Å². The van der Waals surface area contributed by atoms with Crippen molar-refractivity contribution in [2.45, 2.75) is 6.92 Å². The molecule has 144 valence electrons. The number of amides is 2. The molecule has 6 nitrogen and oxygen atoms in total. The molecular weight excluding hydrogens is 386 g/mol. The highest BCUT2D eigenvalue weighted by atomic mass is 32.1. The Bertz CT molecular complexity index is 1210. The van der Waals surface area contributed by atoms with Crippen LogP contribution in [0.15, 0.2) is 71.2 Å². The maximum absolute atomic E-state index is 12.2. The molecule has 0 aliphatic rings. The fourth-order valence-electron chi connectivity index (χ4n) is 2.76. The lowest BCUT2D eigenvalue weighted by Gasteiger charge is -1.99. The van der Waals surface area contributed by atoms with E-state index in [1.807, 2.05) is 48.5 Å². The molecule has 0 aliphatic carbocycles. The number of thiazole rings is 1. The highest BCUT2D eigenvalue weighted by molar-refractivity contribution is 7.22. The summed E-state index contributed by atoms with van der Waals surface area (Å²) >= 11 is 1.34. The molecule has 0 saturated heterocycles. The van der Waals surface area contributed by atoms with E-state index in [1.54, 1.807) is 18.2 Å². The van der Waals surface area contributed by atoms with Gasteiger partial charge in [0.25, 0.3) is 0 Å². The summed E-state index contributed by atoms with van der Waals surface area (Å²) in [5.41, 5.74) is 2.42. The van der Waals surface area contributed by atoms with Crippen molar-refractivity contribution in [1.29, 1.82) is 0 Å². The van der Waals surface area contributed by atoms with Crippen molar-refractivity contribution in [3.8, 4) is 11.3 Å². The van der Waals surface area contributed by atoms with Crippen LogP contribution < -0.4 is 10.6 Å². The van der Waals surface area contributed by atoms with Crippen LogP contribution in [0.1, 0.15) is 12.7 Å². The number of hydrogen-bond donors (Lipinski definition) is 2. The van der Waals surface area contributed by atoms with E-state index < -0.39 is 0 Å². The molecule has 29 heavy (non-hydrogen) atoms. The molecule has 2 heterocycles. The predicted octanol–water partition coefficient (Wildman–Crippen LogP) is 5.17. The van der Waals surface area contributed by atoms with Crippen LogP contribution in [-0.4, -0.2) is 16.8 Å². The minimum Gasteiger partial charge on any atom is -0.457 e. The Morgan fingerprint density at radius 2 is 1.86 bits per heavy atom. The second kappa shape index (κ2) is 8.12. The number of nitrogens with one attached hydrogen (secondary N) is 2. The maximum atomic E-state index is 12.2. The van der Waals surface area contributed by atoms with E-state index in [0.29, 0.717) is 16.6 Å². The smallest absolute Gasteiger partial charge is 0.250 e. The number of fused-ring (bicyclic) bond motifs is 1. The third-order valence-electron chi connectivity index (χ3n) is 4.02. The third kappa shape index (κ3) is 4.59. The van der Waals surface area contributed by atoms with E-state index in [1.165, 1.54) is 24.3 Å². The molecule has 4 rings (SSSR count). The normalized spacial score (nSPS) is 11.1. The number of aromatic nitrogens is 1. The Morgan fingerprint density at radius 1 is 1.03 bits per heavy atom. The van der Waals surface area contributed by atoms with Gasteiger partial charge in [0.05, 0.1) is 10.2 Å². The Hall–Kier alpha value is -3.71. The van der Waals surface area contributed by atoms with Crippen molar-refractivity contribution in [3.05, 3.63) is 72.5 Å². The Labute approximate surface area is 170 Å². The minimum atomic E-state index is -0.302. The maximum Gasteiger partial charge on any atom is 0.250 e. The van der Waals surface area contributed by atoms with E-state index in [4.69, 9.17) is 4.42 Å². The summed E-state index contributed by atoms with van der Waals surface area (Å²) in [4.78, 5) is 27.8. The highest BCUT2D eigenvalue weighted by Crippen LogP contribution is 2.28. The van der Waals surface area contributed by atoms with Gasteiger partial charge in [0.15, 0.2) is 5.13 Å². The molecule has 2 aromatic heterocycles. The quantitative estimate of drug-likeness (QED) is 0.451. The van der Waals surface area contributed by atoms with Crippen molar-refractivity contribution in [1.82, 2.24) is 4.98 Å². The number of furan rings is 1. The van der Waals surface area contributed by atoms with Gasteiger partial charge in [-0.2, -0.15) is 0 Å². The second-order valence-corrected chi connectivity index (χ2v) is 7.30. The summed E-state index contributed by atoms with van der Waals surface area (Å²) in [6, 6.07) is 18.8. The van der Waals surface area contributed by atoms with Crippen LogP contribution in [-0.2, 0) is 9.59 Å². The number of nitrogens with zero attached hydrogens (tertiary/aromatic N) is 1. The van der Waals surface area contributed by atoms with E-state index in [0.717, 1.165) is 21.5 Å². The number of benzene rings is 2. The van der Waals surface area contributed by atoms with Crippen molar-refractivity contribution in [2.24, 2.45) is 0 Å². The van der Waals surface area contributed by atoms with Crippen LogP contribution in [0, 0.1) is 0 Å². The zero-order valence-corrected chi connectivity index (χ0v) is 16.3. The molecule has 0 spiro atoms. The molecule has 7 heteroatoms. The van der Waals surface area contributed by atoms with Crippen LogP contribution in [0.4, 0.5) is 10.8 Å². The molecule has 0 unspecified atom stereocenters. The Balaban J connectivity index is 1.43. The second-order valence-electron chi connectivity index (χ2n) is 6.27. The average molecular weight is 403 g/mol.